The van der Waals surface area contributed by atoms with E-state index in [4.69, 9.17) is 0 Å². The van der Waals surface area contributed by atoms with Crippen LogP contribution in [0, 0.1) is 0 Å². The molecule has 0 radical (unpaired) electrons. The Morgan fingerprint density at radius 3 is 1.77 bits per heavy atom. The van der Waals surface area contributed by atoms with Crippen LogP contribution >= 0.6 is 0 Å². The zero-order chi connectivity index (χ0) is 9.14. The van der Waals surface area contributed by atoms with Crippen molar-refractivity contribution in [2.24, 2.45) is 0 Å². The number of rotatable bonds is 2. The molecule has 0 aromatic heterocycles. The molecule has 0 aliphatic heterocycles. The fraction of sp³-hybridized carbons (Fsp3) is 0.400. The van der Waals surface area contributed by atoms with Gasteiger partial charge in [-0.15, -0.1) is 0 Å². The standard InChI is InChI=1S/C10H16NSi.Li/c1-11(2)9-5-7-10(8-6-9)12(3)4;/h5-8H,1-4H3;/q-1;+1. The van der Waals surface area contributed by atoms with Crippen LogP contribution in [0.5, 0.6) is 0 Å². The molecule has 0 unspecified atom stereocenters. The van der Waals surface area contributed by atoms with Crippen molar-refractivity contribution in [2.45, 2.75) is 13.1 Å². The molecule has 1 nitrogen and oxygen atoms in total. The van der Waals surface area contributed by atoms with E-state index in [0.29, 0.717) is 0 Å². The van der Waals surface area contributed by atoms with Crippen molar-refractivity contribution in [3.05, 3.63) is 24.3 Å². The van der Waals surface area contributed by atoms with Gasteiger partial charge in [-0.05, 0) is 12.1 Å². The predicted octanol–water partition coefficient (Wildman–Crippen LogP) is -1.28. The van der Waals surface area contributed by atoms with Gasteiger partial charge in [-0.3, -0.25) is 8.80 Å². The van der Waals surface area contributed by atoms with Gasteiger partial charge in [0.25, 0.3) is 0 Å². The molecule has 0 saturated heterocycles. The Balaban J connectivity index is 0.00000144. The van der Waals surface area contributed by atoms with E-state index in [1.807, 2.05) is 0 Å². The van der Waals surface area contributed by atoms with Crippen LogP contribution in [0.15, 0.2) is 24.3 Å². The molecule has 3 heteroatoms. The van der Waals surface area contributed by atoms with Gasteiger partial charge in [-0.25, -0.2) is 0 Å². The van der Waals surface area contributed by atoms with Crippen LogP contribution in [0.2, 0.25) is 13.1 Å². The van der Waals surface area contributed by atoms with Crippen molar-refractivity contribution in [1.29, 1.82) is 0 Å². The van der Waals surface area contributed by atoms with E-state index in [-0.39, 0.29) is 27.7 Å². The topological polar surface area (TPSA) is 3.24 Å². The fourth-order valence-corrected chi connectivity index (χ4v) is 1.93. The van der Waals surface area contributed by atoms with Gasteiger partial charge in [0.2, 0.25) is 0 Å². The molecule has 0 atom stereocenters. The smallest absolute Gasteiger partial charge is 0.378 e. The van der Waals surface area contributed by atoms with E-state index < -0.39 is 0 Å². The number of hydrogen-bond acceptors (Lipinski definition) is 1. The van der Waals surface area contributed by atoms with E-state index in [9.17, 15) is 0 Å². The van der Waals surface area contributed by atoms with Gasteiger partial charge in [0.1, 0.15) is 0 Å². The molecule has 0 aliphatic carbocycles. The average molecular weight is 185 g/mol. The Kier molecular flexibility index (Phi) is 5.47. The van der Waals surface area contributed by atoms with Crippen LogP contribution in [0.4, 0.5) is 5.69 Å². The van der Waals surface area contributed by atoms with Crippen LogP contribution < -0.4 is 28.9 Å². The molecule has 66 valence electrons. The zero-order valence-electron chi connectivity index (χ0n) is 9.26. The molecule has 0 bridgehead atoms. The minimum absolute atomic E-state index is 0. The molecule has 1 rings (SSSR count). The monoisotopic (exact) mass is 185 g/mol. The van der Waals surface area contributed by atoms with Gasteiger partial charge < -0.3 is 4.90 Å². The summed E-state index contributed by atoms with van der Waals surface area (Å²) in [5.41, 5.74) is 1.28. The van der Waals surface area contributed by atoms with Crippen molar-refractivity contribution in [1.82, 2.24) is 0 Å². The number of nitrogens with zero attached hydrogens (tertiary/aromatic N) is 1. The Morgan fingerprint density at radius 1 is 1.00 bits per heavy atom. The number of benzene rings is 1. The van der Waals surface area contributed by atoms with Gasteiger partial charge >= 0.3 is 18.9 Å². The van der Waals surface area contributed by atoms with Crippen LogP contribution in [-0.2, 0) is 0 Å². The minimum Gasteiger partial charge on any atom is -0.378 e. The van der Waals surface area contributed by atoms with Crippen LogP contribution in [-0.4, -0.2) is 22.9 Å². The third kappa shape index (κ3) is 3.60. The number of hydrogen-bond donors (Lipinski definition) is 0. The summed E-state index contributed by atoms with van der Waals surface area (Å²) in [6.07, 6.45) is 0. The van der Waals surface area contributed by atoms with E-state index in [2.05, 4.69) is 56.4 Å². The summed E-state index contributed by atoms with van der Waals surface area (Å²) < 4.78 is 0. The van der Waals surface area contributed by atoms with Crippen LogP contribution in [0.1, 0.15) is 0 Å². The number of anilines is 1. The summed E-state index contributed by atoms with van der Waals surface area (Å²) in [4.78, 5) is 2.13. The maximum Gasteiger partial charge on any atom is 1.00 e. The second kappa shape index (κ2) is 5.54. The Bertz CT molecular complexity index is 217. The molecule has 0 heterocycles. The first-order valence-corrected chi connectivity index (χ1v) is 6.69. The van der Waals surface area contributed by atoms with Gasteiger partial charge in [0, 0.05) is 19.8 Å². The predicted molar refractivity (Wildman–Crippen MR) is 57.9 cm³/mol. The average Bonchev–Trinajstić information content (AvgIpc) is 2.04. The normalized spacial score (nSPS) is 8.92. The van der Waals surface area contributed by atoms with Crippen LogP contribution in [0.3, 0.4) is 0 Å². The summed E-state index contributed by atoms with van der Waals surface area (Å²) >= 11 is 0. The maximum absolute atomic E-state index is 2.31. The first kappa shape index (κ1) is 12.8. The SMILES string of the molecule is CN(C)c1ccc([Si-](C)C)cc1.[Li+]. The summed E-state index contributed by atoms with van der Waals surface area (Å²) in [6.45, 7) is 4.63. The maximum atomic E-state index is 2.31. The van der Waals surface area contributed by atoms with Gasteiger partial charge in [-0.1, -0.05) is 12.1 Å². The Hall–Kier alpha value is -0.166. The fourth-order valence-electron chi connectivity index (χ4n) is 1.09. The summed E-state index contributed by atoms with van der Waals surface area (Å²) in [5.74, 6) is 0. The summed E-state index contributed by atoms with van der Waals surface area (Å²) in [7, 11) is 3.86. The van der Waals surface area contributed by atoms with E-state index >= 15 is 0 Å². The zero-order valence-corrected chi connectivity index (χ0v) is 10.3. The van der Waals surface area contributed by atoms with E-state index in [1.165, 1.54) is 10.9 Å². The van der Waals surface area contributed by atoms with E-state index in [0.717, 1.165) is 0 Å². The second-order valence-electron chi connectivity index (χ2n) is 3.44. The van der Waals surface area contributed by atoms with E-state index in [1.54, 1.807) is 0 Å². The van der Waals surface area contributed by atoms with Gasteiger partial charge in [0.05, 0.1) is 0 Å². The van der Waals surface area contributed by atoms with Crippen molar-refractivity contribution in [3.8, 4) is 0 Å². The third-order valence-electron chi connectivity index (χ3n) is 1.96. The third-order valence-corrected chi connectivity index (χ3v) is 3.45. The van der Waals surface area contributed by atoms with Crippen molar-refractivity contribution in [2.75, 3.05) is 19.0 Å². The first-order valence-electron chi connectivity index (χ1n) is 4.19. The van der Waals surface area contributed by atoms with Gasteiger partial charge in [0.15, 0.2) is 0 Å². The molecule has 0 N–H and O–H groups in total. The molecule has 1 aromatic rings. The quantitative estimate of drug-likeness (QED) is 0.519. The molecule has 0 aliphatic rings. The second-order valence-corrected chi connectivity index (χ2v) is 6.02. The van der Waals surface area contributed by atoms with Crippen molar-refractivity contribution < 1.29 is 18.9 Å². The molecule has 13 heavy (non-hydrogen) atoms. The molecule has 0 saturated carbocycles. The molecule has 1 aromatic carbocycles. The summed E-state index contributed by atoms with van der Waals surface area (Å²) in [6, 6.07) is 8.85. The first-order chi connectivity index (χ1) is 5.61. The Labute approximate surface area is 94.9 Å². The largest absolute Gasteiger partial charge is 1.00 e. The van der Waals surface area contributed by atoms with Crippen LogP contribution in [0.25, 0.3) is 0 Å². The van der Waals surface area contributed by atoms with Gasteiger partial charge in [-0.2, -0.15) is 18.3 Å². The van der Waals surface area contributed by atoms with Crippen molar-refractivity contribution >= 4 is 19.7 Å². The minimum atomic E-state index is -0.273. The molecular weight excluding hydrogens is 169 g/mol. The molecule has 0 spiro atoms. The summed E-state index contributed by atoms with van der Waals surface area (Å²) in [5, 5.41) is 1.51. The molecule has 0 fully saturated rings. The molecular formula is C10H16LiNSi. The van der Waals surface area contributed by atoms with Crippen molar-refractivity contribution in [3.63, 3.8) is 0 Å². The molecule has 0 amide bonds. The Morgan fingerprint density at radius 2 is 1.46 bits per heavy atom.